The lowest BCUT2D eigenvalue weighted by molar-refractivity contribution is -0.156. The van der Waals surface area contributed by atoms with E-state index in [1.807, 2.05) is 0 Å². The maximum Gasteiger partial charge on any atom is 0.313 e. The maximum atomic E-state index is 11.5. The Morgan fingerprint density at radius 2 is 1.88 bits per heavy atom. The topological polar surface area (TPSA) is 77.8 Å². The average molecular weight is 241 g/mol. The van der Waals surface area contributed by atoms with Crippen molar-refractivity contribution in [2.45, 2.75) is 19.8 Å². The van der Waals surface area contributed by atoms with E-state index in [0.717, 1.165) is 0 Å². The highest BCUT2D eigenvalue weighted by atomic mass is 16.4. The van der Waals surface area contributed by atoms with E-state index >= 15 is 0 Å². The number of rotatable bonds is 4. The van der Waals surface area contributed by atoms with Crippen LogP contribution in [0.2, 0.25) is 0 Å². The van der Waals surface area contributed by atoms with Crippen LogP contribution in [0.25, 0.3) is 0 Å². The lowest BCUT2D eigenvalue weighted by atomic mass is 9.66. The molecular weight excluding hydrogens is 222 g/mol. The second kappa shape index (κ2) is 4.49. The number of aliphatic carboxylic acids is 2. The van der Waals surface area contributed by atoms with E-state index in [2.05, 4.69) is 0 Å². The predicted molar refractivity (Wildman–Crippen MR) is 62.7 cm³/mol. The average Bonchev–Trinajstić information content (AvgIpc) is 2.16. The van der Waals surface area contributed by atoms with E-state index in [9.17, 15) is 19.8 Å². The number of hydrogen-bond acceptors (Lipinski definition) is 3. The third kappa shape index (κ3) is 2.66. The van der Waals surface area contributed by atoms with Gasteiger partial charge in [0.25, 0.3) is 0 Å². The summed E-state index contributed by atoms with van der Waals surface area (Å²) >= 11 is 0. The van der Waals surface area contributed by atoms with Gasteiger partial charge >= 0.3 is 11.9 Å². The number of carboxylic acids is 2. The van der Waals surface area contributed by atoms with Crippen LogP contribution in [0.4, 0.5) is 0 Å². The summed E-state index contributed by atoms with van der Waals surface area (Å²) in [6.45, 7) is 1.91. The van der Waals surface area contributed by atoms with Crippen LogP contribution in [0.5, 0.6) is 0 Å². The second-order valence-electron chi connectivity index (χ2n) is 5.33. The SMILES string of the molecule is CN(C)CC1(C(=O)O)CC=CC(C)(C(=O)O)C1. The van der Waals surface area contributed by atoms with Crippen molar-refractivity contribution in [2.75, 3.05) is 20.6 Å². The van der Waals surface area contributed by atoms with E-state index in [0.29, 0.717) is 13.0 Å². The first-order valence-corrected chi connectivity index (χ1v) is 5.51. The van der Waals surface area contributed by atoms with Crippen molar-refractivity contribution in [3.63, 3.8) is 0 Å². The predicted octanol–water partition coefficient (Wildman–Crippen LogP) is 1.06. The molecule has 1 aliphatic rings. The smallest absolute Gasteiger partial charge is 0.313 e. The van der Waals surface area contributed by atoms with Crippen LogP contribution in [0, 0.1) is 10.8 Å². The summed E-state index contributed by atoms with van der Waals surface area (Å²) in [5.41, 5.74) is -2.10. The summed E-state index contributed by atoms with van der Waals surface area (Å²) in [7, 11) is 3.59. The molecule has 0 heterocycles. The largest absolute Gasteiger partial charge is 0.481 e. The van der Waals surface area contributed by atoms with Crippen LogP contribution >= 0.6 is 0 Å². The Morgan fingerprint density at radius 3 is 2.29 bits per heavy atom. The Balaban J connectivity index is 3.07. The monoisotopic (exact) mass is 241 g/mol. The lowest BCUT2D eigenvalue weighted by Gasteiger charge is -2.39. The summed E-state index contributed by atoms with van der Waals surface area (Å²) in [5, 5.41) is 18.6. The number of allylic oxidation sites excluding steroid dienone is 1. The van der Waals surface area contributed by atoms with Gasteiger partial charge in [0.2, 0.25) is 0 Å². The molecule has 0 bridgehead atoms. The highest BCUT2D eigenvalue weighted by Gasteiger charge is 2.48. The lowest BCUT2D eigenvalue weighted by Crippen LogP contribution is -2.47. The van der Waals surface area contributed by atoms with Gasteiger partial charge in [-0.3, -0.25) is 9.59 Å². The first-order valence-electron chi connectivity index (χ1n) is 5.51. The van der Waals surface area contributed by atoms with Gasteiger partial charge in [-0.2, -0.15) is 0 Å². The molecule has 2 atom stereocenters. The molecule has 0 aliphatic heterocycles. The van der Waals surface area contributed by atoms with Gasteiger partial charge < -0.3 is 15.1 Å². The van der Waals surface area contributed by atoms with Gasteiger partial charge in [0, 0.05) is 6.54 Å². The van der Waals surface area contributed by atoms with Crippen molar-refractivity contribution in [3.8, 4) is 0 Å². The minimum atomic E-state index is -1.09. The summed E-state index contributed by atoms with van der Waals surface area (Å²) < 4.78 is 0. The van der Waals surface area contributed by atoms with Gasteiger partial charge in [-0.15, -0.1) is 0 Å². The quantitative estimate of drug-likeness (QED) is 0.720. The van der Waals surface area contributed by atoms with E-state index in [-0.39, 0.29) is 6.42 Å². The van der Waals surface area contributed by atoms with Crippen molar-refractivity contribution in [1.29, 1.82) is 0 Å². The van der Waals surface area contributed by atoms with Gasteiger partial charge in [-0.1, -0.05) is 12.2 Å². The fourth-order valence-electron chi connectivity index (χ4n) is 2.48. The third-order valence-electron chi connectivity index (χ3n) is 3.26. The molecule has 5 heteroatoms. The molecule has 0 aromatic rings. The summed E-state index contributed by atoms with van der Waals surface area (Å²) in [6, 6.07) is 0. The van der Waals surface area contributed by atoms with Crippen LogP contribution in [0.1, 0.15) is 19.8 Å². The zero-order chi connectivity index (χ0) is 13.3. The number of hydrogen-bond donors (Lipinski definition) is 2. The standard InChI is InChI=1S/C12H19NO4/c1-11(9(14)15)5-4-6-12(7-11,10(16)17)8-13(2)3/h4-5H,6-8H2,1-3H3,(H,14,15)(H,16,17). The molecule has 0 saturated carbocycles. The minimum Gasteiger partial charge on any atom is -0.481 e. The van der Waals surface area contributed by atoms with Gasteiger partial charge in [-0.05, 0) is 33.9 Å². The highest BCUT2D eigenvalue weighted by Crippen LogP contribution is 2.43. The molecule has 2 N–H and O–H groups in total. The first-order chi connectivity index (χ1) is 7.72. The zero-order valence-corrected chi connectivity index (χ0v) is 10.4. The molecule has 5 nitrogen and oxygen atoms in total. The van der Waals surface area contributed by atoms with Gasteiger partial charge in [0.05, 0.1) is 10.8 Å². The molecule has 0 amide bonds. The zero-order valence-electron chi connectivity index (χ0n) is 10.4. The molecule has 1 rings (SSSR count). The van der Waals surface area contributed by atoms with E-state index in [4.69, 9.17) is 0 Å². The van der Waals surface area contributed by atoms with Crippen LogP contribution in [-0.4, -0.2) is 47.7 Å². The molecule has 0 fully saturated rings. The Kier molecular flexibility index (Phi) is 3.62. The molecule has 96 valence electrons. The van der Waals surface area contributed by atoms with Crippen molar-refractivity contribution in [1.82, 2.24) is 4.90 Å². The Bertz CT molecular complexity index is 364. The normalized spacial score (nSPS) is 32.7. The van der Waals surface area contributed by atoms with E-state index < -0.39 is 22.8 Å². The van der Waals surface area contributed by atoms with Crippen LogP contribution < -0.4 is 0 Å². The molecule has 17 heavy (non-hydrogen) atoms. The molecule has 0 aromatic carbocycles. The van der Waals surface area contributed by atoms with Crippen molar-refractivity contribution in [3.05, 3.63) is 12.2 Å². The summed E-state index contributed by atoms with van der Waals surface area (Å²) in [6.07, 6.45) is 3.78. The Morgan fingerprint density at radius 1 is 1.29 bits per heavy atom. The van der Waals surface area contributed by atoms with Gasteiger partial charge in [0.1, 0.15) is 0 Å². The molecule has 0 spiro atoms. The van der Waals surface area contributed by atoms with Gasteiger partial charge in [0.15, 0.2) is 0 Å². The molecule has 2 unspecified atom stereocenters. The highest BCUT2D eigenvalue weighted by molar-refractivity contribution is 5.81. The molecule has 0 aromatic heterocycles. The van der Waals surface area contributed by atoms with E-state index in [1.165, 1.54) is 0 Å². The third-order valence-corrected chi connectivity index (χ3v) is 3.26. The van der Waals surface area contributed by atoms with E-state index in [1.54, 1.807) is 38.1 Å². The molecule has 0 radical (unpaired) electrons. The minimum absolute atomic E-state index is 0.124. The summed E-state index contributed by atoms with van der Waals surface area (Å²) in [4.78, 5) is 24.5. The van der Waals surface area contributed by atoms with Crippen LogP contribution in [-0.2, 0) is 9.59 Å². The fourth-order valence-corrected chi connectivity index (χ4v) is 2.48. The van der Waals surface area contributed by atoms with Crippen LogP contribution in [0.15, 0.2) is 12.2 Å². The first kappa shape index (κ1) is 13.7. The number of carboxylic acid groups (broad SMARTS) is 2. The van der Waals surface area contributed by atoms with Crippen molar-refractivity contribution >= 4 is 11.9 Å². The molecule has 1 aliphatic carbocycles. The Labute approximate surface area is 101 Å². The van der Waals surface area contributed by atoms with Crippen LogP contribution in [0.3, 0.4) is 0 Å². The fraction of sp³-hybridized carbons (Fsp3) is 0.667. The molecular formula is C12H19NO4. The van der Waals surface area contributed by atoms with Crippen molar-refractivity contribution in [2.24, 2.45) is 10.8 Å². The number of carbonyl (C=O) groups is 2. The number of nitrogens with zero attached hydrogens (tertiary/aromatic N) is 1. The maximum absolute atomic E-state index is 11.5. The molecule has 0 saturated heterocycles. The second-order valence-corrected chi connectivity index (χ2v) is 5.33. The summed E-state index contributed by atoms with van der Waals surface area (Å²) in [5.74, 6) is -1.90. The van der Waals surface area contributed by atoms with Crippen molar-refractivity contribution < 1.29 is 19.8 Å². The Hall–Kier alpha value is -1.36. The van der Waals surface area contributed by atoms with Gasteiger partial charge in [-0.25, -0.2) is 0 Å².